The van der Waals surface area contributed by atoms with Crippen LogP contribution in [-0.2, 0) is 11.8 Å². The van der Waals surface area contributed by atoms with Crippen molar-refractivity contribution in [1.82, 2.24) is 0 Å². The highest BCUT2D eigenvalue weighted by atomic mass is 16.5. The molecule has 0 saturated carbocycles. The van der Waals surface area contributed by atoms with Gasteiger partial charge in [0.15, 0.2) is 0 Å². The minimum atomic E-state index is 0.195. The van der Waals surface area contributed by atoms with Crippen LogP contribution >= 0.6 is 0 Å². The molecule has 0 radical (unpaired) electrons. The van der Waals surface area contributed by atoms with E-state index in [2.05, 4.69) is 52.1 Å². The van der Waals surface area contributed by atoms with E-state index in [1.54, 1.807) is 7.11 Å². The molecule has 0 aromatic heterocycles. The van der Waals surface area contributed by atoms with E-state index in [1.807, 2.05) is 6.08 Å². The molecule has 0 atom stereocenters. The maximum atomic E-state index is 5.74. The molecule has 0 aliphatic carbocycles. The molecule has 0 aliphatic heterocycles. The van der Waals surface area contributed by atoms with Crippen molar-refractivity contribution in [3.8, 4) is 5.75 Å². The maximum Gasteiger partial charge on any atom is 0.130 e. The number of hydrogen-bond acceptors (Lipinski definition) is 1. The molecule has 1 heteroatoms. The number of benzene rings is 1. The molecule has 1 rings (SSSR count). The zero-order valence-electron chi connectivity index (χ0n) is 13.7. The summed E-state index contributed by atoms with van der Waals surface area (Å²) in [5.74, 6) is 0.990. The summed E-state index contributed by atoms with van der Waals surface area (Å²) < 4.78 is 5.74. The third-order valence-electron chi connectivity index (χ3n) is 4.65. The topological polar surface area (TPSA) is 9.23 Å². The van der Waals surface area contributed by atoms with Gasteiger partial charge in [-0.3, -0.25) is 0 Å². The highest BCUT2D eigenvalue weighted by Crippen LogP contribution is 2.42. The van der Waals surface area contributed by atoms with Gasteiger partial charge >= 0.3 is 0 Å². The van der Waals surface area contributed by atoms with Gasteiger partial charge in [0.05, 0.1) is 7.11 Å². The molecule has 0 N–H and O–H groups in total. The lowest BCUT2D eigenvalue weighted by Gasteiger charge is -2.33. The second kappa shape index (κ2) is 7.36. The van der Waals surface area contributed by atoms with Crippen LogP contribution in [0, 0.1) is 0 Å². The maximum absolute atomic E-state index is 5.74. The number of ether oxygens (including phenoxy) is 1. The third kappa shape index (κ3) is 2.99. The lowest BCUT2D eigenvalue weighted by molar-refractivity contribution is 0.345. The average Bonchev–Trinajstić information content (AvgIpc) is 2.49. The van der Waals surface area contributed by atoms with Gasteiger partial charge in [0, 0.05) is 11.1 Å². The minimum Gasteiger partial charge on any atom is -0.496 e. The van der Waals surface area contributed by atoms with Gasteiger partial charge in [-0.05, 0) is 48.8 Å². The van der Waals surface area contributed by atoms with Gasteiger partial charge in [-0.2, -0.15) is 0 Å². The van der Waals surface area contributed by atoms with Crippen LogP contribution in [0.4, 0.5) is 0 Å². The predicted octanol–water partition coefficient (Wildman–Crippen LogP) is 5.52. The Morgan fingerprint density at radius 3 is 2.15 bits per heavy atom. The summed E-state index contributed by atoms with van der Waals surface area (Å²) in [5.41, 5.74) is 6.87. The van der Waals surface area contributed by atoms with Crippen molar-refractivity contribution in [3.05, 3.63) is 41.1 Å². The summed E-state index contributed by atoms with van der Waals surface area (Å²) in [6.07, 6.45) is 6.33. The van der Waals surface area contributed by atoms with E-state index in [0.29, 0.717) is 0 Å². The summed E-state index contributed by atoms with van der Waals surface area (Å²) in [6, 6.07) is 4.52. The Morgan fingerprint density at radius 2 is 1.75 bits per heavy atom. The Morgan fingerprint density at radius 1 is 1.15 bits per heavy atom. The van der Waals surface area contributed by atoms with Crippen molar-refractivity contribution in [2.75, 3.05) is 7.11 Å². The number of rotatable bonds is 7. The highest BCUT2D eigenvalue weighted by Gasteiger charge is 2.30. The molecular formula is C19H28O. The van der Waals surface area contributed by atoms with Crippen LogP contribution < -0.4 is 4.74 Å². The SMILES string of the molecule is C=C=Cc1cc(CC)cc(C(CC)(CC)CC)c1OC. The molecule has 1 aromatic rings. The number of aryl methyl sites for hydroxylation is 1. The Bertz CT molecular complexity index is 480. The molecule has 0 amide bonds. The molecule has 0 bridgehead atoms. The van der Waals surface area contributed by atoms with Gasteiger partial charge in [0.2, 0.25) is 0 Å². The standard InChI is InChI=1S/C19H28O/c1-7-12-16-13-15(8-2)14-17(18(16)20-6)19(9-3,10-4)11-5/h12-14H,1,8-11H2,2-6H3. The number of methoxy groups -OCH3 is 1. The van der Waals surface area contributed by atoms with Crippen LogP contribution in [0.3, 0.4) is 0 Å². The van der Waals surface area contributed by atoms with Crippen molar-refractivity contribution in [2.24, 2.45) is 0 Å². The zero-order chi connectivity index (χ0) is 15.2. The summed E-state index contributed by atoms with van der Waals surface area (Å²) in [7, 11) is 1.76. The second-order valence-electron chi connectivity index (χ2n) is 5.31. The van der Waals surface area contributed by atoms with Crippen LogP contribution in [0.2, 0.25) is 0 Å². The smallest absolute Gasteiger partial charge is 0.130 e. The van der Waals surface area contributed by atoms with E-state index in [4.69, 9.17) is 4.74 Å². The van der Waals surface area contributed by atoms with Crippen molar-refractivity contribution >= 4 is 6.08 Å². The highest BCUT2D eigenvalue weighted by molar-refractivity contribution is 5.62. The first-order valence-electron chi connectivity index (χ1n) is 7.69. The summed E-state index contributed by atoms with van der Waals surface area (Å²) in [4.78, 5) is 0. The molecule has 1 nitrogen and oxygen atoms in total. The molecule has 0 fully saturated rings. The zero-order valence-corrected chi connectivity index (χ0v) is 13.7. The molecule has 20 heavy (non-hydrogen) atoms. The van der Waals surface area contributed by atoms with Crippen LogP contribution in [-0.4, -0.2) is 7.11 Å². The van der Waals surface area contributed by atoms with Crippen LogP contribution in [0.25, 0.3) is 6.08 Å². The fourth-order valence-electron chi connectivity index (χ4n) is 3.08. The van der Waals surface area contributed by atoms with E-state index in [-0.39, 0.29) is 5.41 Å². The summed E-state index contributed by atoms with van der Waals surface area (Å²) >= 11 is 0. The lowest BCUT2D eigenvalue weighted by atomic mass is 9.72. The number of hydrogen-bond donors (Lipinski definition) is 0. The molecule has 0 spiro atoms. The van der Waals surface area contributed by atoms with E-state index < -0.39 is 0 Å². The van der Waals surface area contributed by atoms with E-state index in [1.165, 1.54) is 11.1 Å². The molecule has 1 aromatic carbocycles. The van der Waals surface area contributed by atoms with Gasteiger partial charge in [0.1, 0.15) is 5.75 Å². The van der Waals surface area contributed by atoms with Gasteiger partial charge in [0.25, 0.3) is 0 Å². The van der Waals surface area contributed by atoms with E-state index >= 15 is 0 Å². The van der Waals surface area contributed by atoms with Gasteiger partial charge in [-0.1, -0.05) is 40.3 Å². The molecule has 110 valence electrons. The minimum absolute atomic E-state index is 0.195. The predicted molar refractivity (Wildman–Crippen MR) is 88.5 cm³/mol. The molecule has 0 unspecified atom stereocenters. The summed E-state index contributed by atoms with van der Waals surface area (Å²) in [5, 5.41) is 0. The van der Waals surface area contributed by atoms with Crippen molar-refractivity contribution in [1.29, 1.82) is 0 Å². The summed E-state index contributed by atoms with van der Waals surface area (Å²) in [6.45, 7) is 12.7. The van der Waals surface area contributed by atoms with Crippen LogP contribution in [0.15, 0.2) is 24.4 Å². The Labute approximate surface area is 124 Å². The van der Waals surface area contributed by atoms with Crippen molar-refractivity contribution in [2.45, 2.75) is 58.8 Å². The Balaban J connectivity index is 3.65. The fraction of sp³-hybridized carbons (Fsp3) is 0.526. The quantitative estimate of drug-likeness (QED) is 0.593. The first kappa shape index (κ1) is 16.6. The second-order valence-corrected chi connectivity index (χ2v) is 5.31. The van der Waals surface area contributed by atoms with Crippen LogP contribution in [0.5, 0.6) is 5.75 Å². The van der Waals surface area contributed by atoms with Gasteiger partial charge < -0.3 is 4.74 Å². The van der Waals surface area contributed by atoms with E-state index in [9.17, 15) is 0 Å². The molecule has 0 heterocycles. The largest absolute Gasteiger partial charge is 0.496 e. The van der Waals surface area contributed by atoms with Crippen LogP contribution in [0.1, 0.15) is 63.6 Å². The van der Waals surface area contributed by atoms with Crippen molar-refractivity contribution < 1.29 is 4.74 Å². The van der Waals surface area contributed by atoms with E-state index in [0.717, 1.165) is 37.0 Å². The lowest BCUT2D eigenvalue weighted by Crippen LogP contribution is -2.24. The third-order valence-corrected chi connectivity index (χ3v) is 4.65. The molecule has 0 saturated heterocycles. The fourth-order valence-corrected chi connectivity index (χ4v) is 3.08. The normalized spacial score (nSPS) is 11.1. The average molecular weight is 272 g/mol. The Hall–Kier alpha value is -1.46. The first-order valence-corrected chi connectivity index (χ1v) is 7.69. The van der Waals surface area contributed by atoms with Gasteiger partial charge in [-0.25, -0.2) is 0 Å². The monoisotopic (exact) mass is 272 g/mol. The molecular weight excluding hydrogens is 244 g/mol. The first-order chi connectivity index (χ1) is 9.62. The van der Waals surface area contributed by atoms with Crippen molar-refractivity contribution in [3.63, 3.8) is 0 Å². The molecule has 0 aliphatic rings. The van der Waals surface area contributed by atoms with Gasteiger partial charge in [-0.15, -0.1) is 5.73 Å². The Kier molecular flexibility index (Phi) is 6.10.